The summed E-state index contributed by atoms with van der Waals surface area (Å²) in [5.74, 6) is -1.31. The normalized spacial score (nSPS) is 11.3. The van der Waals surface area contributed by atoms with Crippen molar-refractivity contribution in [2.45, 2.75) is 19.1 Å². The quantitative estimate of drug-likeness (QED) is 0.235. The van der Waals surface area contributed by atoms with E-state index in [2.05, 4.69) is 28.7 Å². The molecule has 0 saturated carbocycles. The number of benzene rings is 2. The molecule has 0 heterocycles. The number of hydrogen-bond donors (Lipinski definition) is 2. The third-order valence-corrected chi connectivity index (χ3v) is 5.13. The highest BCUT2D eigenvalue weighted by Crippen LogP contribution is 2.40. The summed E-state index contributed by atoms with van der Waals surface area (Å²) in [7, 11) is 4.00. The van der Waals surface area contributed by atoms with Gasteiger partial charge in [-0.2, -0.15) is 0 Å². The fourth-order valence-electron chi connectivity index (χ4n) is 3.34. The summed E-state index contributed by atoms with van der Waals surface area (Å²) in [6.45, 7) is 11.4. The van der Waals surface area contributed by atoms with Crippen LogP contribution in [-0.4, -0.2) is 51.3 Å². The van der Waals surface area contributed by atoms with Crippen molar-refractivity contribution in [3.8, 4) is 0 Å². The largest absolute Gasteiger partial charge is 0.338 e. The van der Waals surface area contributed by atoms with Crippen LogP contribution in [0.15, 0.2) is 67.8 Å². The predicted molar refractivity (Wildman–Crippen MR) is 136 cm³/mol. The Kier molecular flexibility index (Phi) is 10.6. The Labute approximate surface area is 202 Å². The number of carbonyl (C=O) groups is 1. The Bertz CT molecular complexity index is 917. The Morgan fingerprint density at radius 3 is 2.30 bits per heavy atom. The highest BCUT2D eigenvalue weighted by Gasteiger charge is 2.39. The van der Waals surface area contributed by atoms with Crippen LogP contribution in [0, 0.1) is 6.92 Å². The summed E-state index contributed by atoms with van der Waals surface area (Å²) >= 11 is 6.14. The smallest absolute Gasteiger partial charge is 0.319 e. The van der Waals surface area contributed by atoms with Crippen LogP contribution in [0.2, 0.25) is 5.02 Å². The van der Waals surface area contributed by atoms with E-state index in [1.165, 1.54) is 0 Å². The topological polar surface area (TPSA) is 62.8 Å². The van der Waals surface area contributed by atoms with Crippen LogP contribution >= 0.6 is 11.6 Å². The molecule has 0 saturated heterocycles. The molecule has 0 radical (unpaired) electrons. The van der Waals surface area contributed by atoms with Gasteiger partial charge in [0.2, 0.25) is 5.79 Å². The molecule has 0 aliphatic rings. The molecule has 2 rings (SSSR count). The van der Waals surface area contributed by atoms with Crippen LogP contribution in [0.4, 0.5) is 10.5 Å². The lowest BCUT2D eigenvalue weighted by Gasteiger charge is -2.36. The zero-order valence-corrected chi connectivity index (χ0v) is 20.5. The lowest BCUT2D eigenvalue weighted by Crippen LogP contribution is -2.37. The van der Waals surface area contributed by atoms with Crippen LogP contribution in [0.5, 0.6) is 0 Å². The molecule has 0 aliphatic carbocycles. The number of nitrogens with one attached hydrogen (secondary N) is 2. The number of hydrogen-bond acceptors (Lipinski definition) is 4. The maximum atomic E-state index is 12.7. The van der Waals surface area contributed by atoms with Gasteiger partial charge in [-0.15, -0.1) is 13.2 Å². The number of halogens is 1. The SMILES string of the molecule is C=CCOC(OCC=C)(c1ccc(Cl)cc1)c1cc(C)ccc1NC(=O)NCCCN(C)C. The first-order valence-corrected chi connectivity index (χ1v) is 11.3. The fourth-order valence-corrected chi connectivity index (χ4v) is 3.47. The van der Waals surface area contributed by atoms with Crippen molar-refractivity contribution in [1.82, 2.24) is 10.2 Å². The molecule has 6 nitrogen and oxygen atoms in total. The second kappa shape index (κ2) is 13.2. The molecule has 7 heteroatoms. The number of nitrogens with zero attached hydrogens (tertiary/aromatic N) is 1. The van der Waals surface area contributed by atoms with E-state index in [1.807, 2.05) is 51.4 Å². The summed E-state index contributed by atoms with van der Waals surface area (Å²) in [6.07, 6.45) is 4.16. The number of aryl methyl sites for hydroxylation is 1. The van der Waals surface area contributed by atoms with E-state index < -0.39 is 5.79 Å². The van der Waals surface area contributed by atoms with Crippen LogP contribution in [0.3, 0.4) is 0 Å². The van der Waals surface area contributed by atoms with Gasteiger partial charge in [0.15, 0.2) is 0 Å². The van der Waals surface area contributed by atoms with Crippen molar-refractivity contribution in [2.75, 3.05) is 45.7 Å². The molecule has 0 atom stereocenters. The number of rotatable bonds is 13. The van der Waals surface area contributed by atoms with Gasteiger partial charge in [0.25, 0.3) is 0 Å². The average Bonchev–Trinajstić information content (AvgIpc) is 2.79. The highest BCUT2D eigenvalue weighted by atomic mass is 35.5. The lowest BCUT2D eigenvalue weighted by molar-refractivity contribution is -0.204. The van der Waals surface area contributed by atoms with Crippen LogP contribution in [0.25, 0.3) is 0 Å². The second-order valence-corrected chi connectivity index (χ2v) is 8.35. The maximum absolute atomic E-state index is 12.7. The van der Waals surface area contributed by atoms with Gasteiger partial charge < -0.3 is 25.0 Å². The third-order valence-electron chi connectivity index (χ3n) is 4.88. The van der Waals surface area contributed by atoms with Crippen LogP contribution in [0.1, 0.15) is 23.1 Å². The lowest BCUT2D eigenvalue weighted by atomic mass is 9.93. The molecule has 0 spiro atoms. The van der Waals surface area contributed by atoms with Gasteiger partial charge in [0.1, 0.15) is 0 Å². The first kappa shape index (κ1) is 26.6. The number of carbonyl (C=O) groups excluding carboxylic acids is 1. The average molecular weight is 472 g/mol. The van der Waals surface area contributed by atoms with Crippen molar-refractivity contribution in [3.05, 3.63) is 89.5 Å². The number of amides is 2. The standard InChI is InChI=1S/C26H34ClN3O3/c1-6-17-32-26(33-18-7-2,21-10-12-22(27)13-11-21)23-19-20(3)9-14-24(23)29-25(31)28-15-8-16-30(4)5/h6-7,9-14,19H,1-2,8,15-18H2,3-5H3,(H2,28,29,31). The summed E-state index contributed by atoms with van der Waals surface area (Å²) in [5, 5.41) is 6.47. The zero-order valence-electron chi connectivity index (χ0n) is 19.7. The van der Waals surface area contributed by atoms with Crippen molar-refractivity contribution in [3.63, 3.8) is 0 Å². The Morgan fingerprint density at radius 2 is 1.73 bits per heavy atom. The predicted octanol–water partition coefficient (Wildman–Crippen LogP) is 5.33. The van der Waals surface area contributed by atoms with Gasteiger partial charge in [0.05, 0.1) is 18.9 Å². The highest BCUT2D eigenvalue weighted by molar-refractivity contribution is 6.30. The second-order valence-electron chi connectivity index (χ2n) is 7.91. The Balaban J connectivity index is 2.47. The van der Waals surface area contributed by atoms with Gasteiger partial charge in [-0.25, -0.2) is 4.79 Å². The van der Waals surface area contributed by atoms with Gasteiger partial charge in [0, 0.05) is 22.7 Å². The first-order valence-electron chi connectivity index (χ1n) is 10.9. The van der Waals surface area contributed by atoms with Crippen LogP contribution < -0.4 is 10.6 Å². The molecule has 2 amide bonds. The third kappa shape index (κ3) is 7.72. The van der Waals surface area contributed by atoms with E-state index in [9.17, 15) is 4.79 Å². The molecule has 178 valence electrons. The zero-order chi connectivity index (χ0) is 24.3. The minimum absolute atomic E-state index is 0.226. The van der Waals surface area contributed by atoms with Gasteiger partial charge in [-0.05, 0) is 58.3 Å². The molecule has 0 aromatic heterocycles. The van der Waals surface area contributed by atoms with E-state index in [0.717, 1.165) is 24.1 Å². The van der Waals surface area contributed by atoms with Crippen molar-refractivity contribution >= 4 is 23.3 Å². The monoisotopic (exact) mass is 471 g/mol. The Hall–Kier alpha value is -2.64. The maximum Gasteiger partial charge on any atom is 0.319 e. The summed E-state index contributed by atoms with van der Waals surface area (Å²) < 4.78 is 12.6. The molecule has 0 aliphatic heterocycles. The first-order chi connectivity index (χ1) is 15.8. The number of urea groups is 1. The van der Waals surface area contributed by atoms with E-state index in [4.69, 9.17) is 21.1 Å². The van der Waals surface area contributed by atoms with Gasteiger partial charge in [-0.1, -0.05) is 47.5 Å². The number of ether oxygens (including phenoxy) is 2. The molecule has 33 heavy (non-hydrogen) atoms. The van der Waals surface area contributed by atoms with E-state index in [1.54, 1.807) is 24.3 Å². The molecular formula is C26H34ClN3O3. The van der Waals surface area contributed by atoms with Gasteiger partial charge >= 0.3 is 6.03 Å². The summed E-state index contributed by atoms with van der Waals surface area (Å²) in [5.41, 5.74) is 2.96. The molecule has 0 fully saturated rings. The molecule has 0 bridgehead atoms. The molecule has 0 unspecified atom stereocenters. The summed E-state index contributed by atoms with van der Waals surface area (Å²) in [4.78, 5) is 14.7. The number of anilines is 1. The van der Waals surface area contributed by atoms with Crippen molar-refractivity contribution < 1.29 is 14.3 Å². The molecule has 2 aromatic carbocycles. The molecule has 2 N–H and O–H groups in total. The Morgan fingerprint density at radius 1 is 1.09 bits per heavy atom. The van der Waals surface area contributed by atoms with Crippen molar-refractivity contribution in [2.24, 2.45) is 0 Å². The van der Waals surface area contributed by atoms with E-state index in [-0.39, 0.29) is 19.2 Å². The minimum Gasteiger partial charge on any atom is -0.338 e. The van der Waals surface area contributed by atoms with Gasteiger partial charge in [-0.3, -0.25) is 0 Å². The van der Waals surface area contributed by atoms with E-state index >= 15 is 0 Å². The minimum atomic E-state index is -1.31. The molecule has 2 aromatic rings. The summed E-state index contributed by atoms with van der Waals surface area (Å²) in [6, 6.07) is 12.7. The molecular weight excluding hydrogens is 438 g/mol. The van der Waals surface area contributed by atoms with E-state index in [0.29, 0.717) is 22.8 Å². The van der Waals surface area contributed by atoms with Crippen LogP contribution in [-0.2, 0) is 15.3 Å². The van der Waals surface area contributed by atoms with Crippen molar-refractivity contribution in [1.29, 1.82) is 0 Å². The fraction of sp³-hybridized carbons (Fsp3) is 0.346.